The van der Waals surface area contributed by atoms with E-state index >= 15 is 0 Å². The molecule has 0 N–H and O–H groups in total. The van der Waals surface area contributed by atoms with Crippen molar-refractivity contribution in [2.45, 2.75) is 13.8 Å². The van der Waals surface area contributed by atoms with Crippen LogP contribution in [0.3, 0.4) is 0 Å². The number of rotatable bonds is 1. The Hall–Kier alpha value is -1.71. The van der Waals surface area contributed by atoms with Crippen LogP contribution in [0.5, 0.6) is 0 Å². The lowest BCUT2D eigenvalue weighted by Gasteiger charge is -1.95. The molecule has 0 spiro atoms. The highest BCUT2D eigenvalue weighted by atomic mass is 16.1. The summed E-state index contributed by atoms with van der Waals surface area (Å²) in [6.07, 6.45) is 3.26. The van der Waals surface area contributed by atoms with Gasteiger partial charge < -0.3 is 0 Å². The van der Waals surface area contributed by atoms with Crippen LogP contribution in [-0.4, -0.2) is 20.4 Å². The summed E-state index contributed by atoms with van der Waals surface area (Å²) in [7, 11) is 0. The number of hydrogen-bond acceptors (Lipinski definition) is 3. The maximum absolute atomic E-state index is 11.0. The Labute approximate surface area is 75.2 Å². The van der Waals surface area contributed by atoms with Gasteiger partial charge in [0.25, 0.3) is 0 Å². The van der Waals surface area contributed by atoms with Gasteiger partial charge >= 0.3 is 0 Å². The highest BCUT2D eigenvalue weighted by Gasteiger charge is 2.03. The molecule has 66 valence electrons. The van der Waals surface area contributed by atoms with E-state index in [9.17, 15) is 4.79 Å². The fraction of sp³-hybridized carbons (Fsp3) is 0.222. The van der Waals surface area contributed by atoms with E-state index in [1.165, 1.54) is 6.92 Å². The van der Waals surface area contributed by atoms with Gasteiger partial charge in [0.1, 0.15) is 0 Å². The predicted octanol–water partition coefficient (Wildman–Crippen LogP) is 1.24. The summed E-state index contributed by atoms with van der Waals surface area (Å²) in [6, 6.07) is 1.86. The molecule has 0 atom stereocenters. The molecule has 0 fully saturated rings. The van der Waals surface area contributed by atoms with Crippen LogP contribution in [-0.2, 0) is 0 Å². The number of carbonyl (C=O) groups is 1. The SMILES string of the molecule is CC(=O)c1cnc2cc(C)nn2c1. The minimum Gasteiger partial charge on any atom is -0.294 e. The molecule has 0 unspecified atom stereocenters. The molecular formula is C9H9N3O. The van der Waals surface area contributed by atoms with Crippen LogP contribution >= 0.6 is 0 Å². The van der Waals surface area contributed by atoms with E-state index in [0.717, 1.165) is 11.3 Å². The minimum absolute atomic E-state index is 0.00236. The quantitative estimate of drug-likeness (QED) is 0.612. The van der Waals surface area contributed by atoms with Crippen molar-refractivity contribution in [3.63, 3.8) is 0 Å². The second-order valence-electron chi connectivity index (χ2n) is 2.99. The van der Waals surface area contributed by atoms with Crippen LogP contribution in [0.25, 0.3) is 5.65 Å². The lowest BCUT2D eigenvalue weighted by Crippen LogP contribution is -1.98. The zero-order valence-electron chi connectivity index (χ0n) is 7.48. The first-order valence-electron chi connectivity index (χ1n) is 4.00. The Bertz CT molecular complexity index is 473. The Morgan fingerprint density at radius 3 is 3.00 bits per heavy atom. The zero-order chi connectivity index (χ0) is 9.42. The Morgan fingerprint density at radius 2 is 2.31 bits per heavy atom. The monoisotopic (exact) mass is 175 g/mol. The Morgan fingerprint density at radius 1 is 1.54 bits per heavy atom. The molecule has 2 aromatic rings. The van der Waals surface area contributed by atoms with Gasteiger partial charge in [-0.05, 0) is 13.8 Å². The van der Waals surface area contributed by atoms with E-state index in [1.54, 1.807) is 16.9 Å². The van der Waals surface area contributed by atoms with Crippen LogP contribution in [0.15, 0.2) is 18.5 Å². The second-order valence-corrected chi connectivity index (χ2v) is 2.99. The number of hydrogen-bond donors (Lipinski definition) is 0. The molecule has 0 aromatic carbocycles. The maximum atomic E-state index is 11.0. The lowest BCUT2D eigenvalue weighted by atomic mass is 10.2. The average Bonchev–Trinajstić information content (AvgIpc) is 2.42. The smallest absolute Gasteiger partial charge is 0.162 e. The van der Waals surface area contributed by atoms with Crippen LogP contribution in [0.1, 0.15) is 23.0 Å². The standard InChI is InChI=1S/C9H9N3O/c1-6-3-9-10-4-8(7(2)13)5-12(9)11-6/h3-5H,1-2H3. The molecule has 0 aliphatic heterocycles. The van der Waals surface area contributed by atoms with Gasteiger partial charge in [-0.3, -0.25) is 4.79 Å². The molecule has 0 saturated heterocycles. The van der Waals surface area contributed by atoms with Gasteiger partial charge in [-0.1, -0.05) is 0 Å². The van der Waals surface area contributed by atoms with Crippen LogP contribution in [0.2, 0.25) is 0 Å². The van der Waals surface area contributed by atoms with Gasteiger partial charge in [0.2, 0.25) is 0 Å². The van der Waals surface area contributed by atoms with Crippen molar-refractivity contribution in [3.05, 3.63) is 29.7 Å². The largest absolute Gasteiger partial charge is 0.294 e. The number of Topliss-reactive ketones (excluding diaryl/α,β-unsaturated/α-hetero) is 1. The van der Waals surface area contributed by atoms with Crippen LogP contribution in [0, 0.1) is 6.92 Å². The first-order chi connectivity index (χ1) is 6.16. The number of nitrogens with zero attached hydrogens (tertiary/aromatic N) is 3. The van der Waals surface area contributed by atoms with Gasteiger partial charge in [0, 0.05) is 18.5 Å². The molecule has 2 heterocycles. The molecule has 2 aromatic heterocycles. The number of fused-ring (bicyclic) bond motifs is 1. The summed E-state index contributed by atoms with van der Waals surface area (Å²) < 4.78 is 1.62. The maximum Gasteiger partial charge on any atom is 0.162 e. The zero-order valence-corrected chi connectivity index (χ0v) is 7.48. The molecule has 2 rings (SSSR count). The van der Waals surface area contributed by atoms with Crippen molar-refractivity contribution in [1.82, 2.24) is 14.6 Å². The molecule has 0 radical (unpaired) electrons. The van der Waals surface area contributed by atoms with Crippen molar-refractivity contribution in [2.24, 2.45) is 0 Å². The van der Waals surface area contributed by atoms with Crippen LogP contribution < -0.4 is 0 Å². The molecule has 0 saturated carbocycles. The van der Waals surface area contributed by atoms with Crippen molar-refractivity contribution in [1.29, 1.82) is 0 Å². The van der Waals surface area contributed by atoms with Gasteiger partial charge in [-0.15, -0.1) is 0 Å². The Kier molecular flexibility index (Phi) is 1.62. The molecule has 13 heavy (non-hydrogen) atoms. The molecule has 0 aliphatic rings. The third-order valence-corrected chi connectivity index (χ3v) is 1.84. The summed E-state index contributed by atoms with van der Waals surface area (Å²) in [6.45, 7) is 3.40. The number of ketones is 1. The molecule has 0 amide bonds. The summed E-state index contributed by atoms with van der Waals surface area (Å²) in [5.41, 5.74) is 2.24. The normalized spacial score (nSPS) is 10.6. The van der Waals surface area contributed by atoms with Crippen LogP contribution in [0.4, 0.5) is 0 Å². The highest BCUT2D eigenvalue weighted by molar-refractivity contribution is 5.93. The minimum atomic E-state index is 0.00236. The van der Waals surface area contributed by atoms with E-state index in [2.05, 4.69) is 10.1 Å². The van der Waals surface area contributed by atoms with Crippen molar-refractivity contribution >= 4 is 11.4 Å². The van der Waals surface area contributed by atoms with E-state index < -0.39 is 0 Å². The van der Waals surface area contributed by atoms with Gasteiger partial charge in [-0.2, -0.15) is 5.10 Å². The highest BCUT2D eigenvalue weighted by Crippen LogP contribution is 2.04. The van der Waals surface area contributed by atoms with Gasteiger partial charge in [0.05, 0.1) is 11.3 Å². The topological polar surface area (TPSA) is 47.3 Å². The summed E-state index contributed by atoms with van der Waals surface area (Å²) in [5.74, 6) is 0.00236. The van der Waals surface area contributed by atoms with Crippen molar-refractivity contribution < 1.29 is 4.79 Å². The lowest BCUT2D eigenvalue weighted by molar-refractivity contribution is 0.101. The molecule has 0 bridgehead atoms. The molecule has 0 aliphatic carbocycles. The van der Waals surface area contributed by atoms with Gasteiger partial charge in [-0.25, -0.2) is 9.50 Å². The Balaban J connectivity index is 2.67. The first kappa shape index (κ1) is 7.91. The summed E-state index contributed by atoms with van der Waals surface area (Å²) in [5, 5.41) is 4.16. The number of carbonyl (C=O) groups excluding carboxylic acids is 1. The second kappa shape index (κ2) is 2.65. The van der Waals surface area contributed by atoms with Crippen molar-refractivity contribution in [3.8, 4) is 0 Å². The first-order valence-corrected chi connectivity index (χ1v) is 4.00. The average molecular weight is 175 g/mol. The molecular weight excluding hydrogens is 166 g/mol. The van der Waals surface area contributed by atoms with Crippen molar-refractivity contribution in [2.75, 3.05) is 0 Å². The fourth-order valence-electron chi connectivity index (χ4n) is 1.18. The van der Waals surface area contributed by atoms with E-state index in [4.69, 9.17) is 0 Å². The van der Waals surface area contributed by atoms with Gasteiger partial charge in [0.15, 0.2) is 11.4 Å². The van der Waals surface area contributed by atoms with E-state index in [1.807, 2.05) is 13.0 Å². The molecule has 4 heteroatoms. The number of aryl methyl sites for hydroxylation is 1. The van der Waals surface area contributed by atoms with E-state index in [-0.39, 0.29) is 5.78 Å². The van der Waals surface area contributed by atoms with E-state index in [0.29, 0.717) is 5.56 Å². The summed E-state index contributed by atoms with van der Waals surface area (Å²) in [4.78, 5) is 15.1. The molecule has 4 nitrogen and oxygen atoms in total. The third-order valence-electron chi connectivity index (χ3n) is 1.84. The third kappa shape index (κ3) is 1.30. The fourth-order valence-corrected chi connectivity index (χ4v) is 1.18. The number of aromatic nitrogens is 3. The summed E-state index contributed by atoms with van der Waals surface area (Å²) >= 11 is 0. The predicted molar refractivity (Wildman–Crippen MR) is 47.7 cm³/mol.